The first kappa shape index (κ1) is 16.3. The number of hydrogen-bond acceptors (Lipinski definition) is 5. The number of carbonyl (C=O) groups is 1. The number of aryl methyl sites for hydroxylation is 1. The third-order valence-corrected chi connectivity index (χ3v) is 4.31. The lowest BCUT2D eigenvalue weighted by molar-refractivity contribution is -0.120. The van der Waals surface area contributed by atoms with Crippen molar-refractivity contribution >= 4 is 17.2 Å². The Bertz CT molecular complexity index is 640. The summed E-state index contributed by atoms with van der Waals surface area (Å²) in [5.74, 6) is 1.59. The highest BCUT2D eigenvalue weighted by Gasteiger charge is 2.09. The topological polar surface area (TPSA) is 60.5 Å². The van der Waals surface area contributed by atoms with Crippen LogP contribution in [0.25, 0.3) is 0 Å². The Balaban J connectivity index is 1.88. The maximum absolute atomic E-state index is 11.9. The molecular weight excluding hydrogens is 300 g/mol. The van der Waals surface area contributed by atoms with Gasteiger partial charge in [-0.3, -0.25) is 4.79 Å². The predicted octanol–water partition coefficient (Wildman–Crippen LogP) is 2.37. The Morgan fingerprint density at radius 3 is 2.77 bits per heavy atom. The number of amides is 1. The number of methoxy groups -OCH3 is 2. The van der Waals surface area contributed by atoms with Crippen molar-refractivity contribution in [1.29, 1.82) is 0 Å². The van der Waals surface area contributed by atoms with Crippen molar-refractivity contribution in [3.05, 3.63) is 39.8 Å². The summed E-state index contributed by atoms with van der Waals surface area (Å²) in [6.07, 6.45) is 1.07. The van der Waals surface area contributed by atoms with Crippen LogP contribution in [0, 0.1) is 6.92 Å². The zero-order chi connectivity index (χ0) is 15.9. The smallest absolute Gasteiger partial charge is 0.225 e. The molecule has 118 valence electrons. The van der Waals surface area contributed by atoms with Gasteiger partial charge in [-0.2, -0.15) is 0 Å². The molecule has 0 saturated carbocycles. The van der Waals surface area contributed by atoms with Crippen LogP contribution in [0.2, 0.25) is 0 Å². The molecule has 0 radical (unpaired) electrons. The number of aromatic nitrogens is 1. The second kappa shape index (κ2) is 7.79. The number of benzene rings is 1. The third kappa shape index (κ3) is 4.21. The fourth-order valence-electron chi connectivity index (χ4n) is 2.12. The quantitative estimate of drug-likeness (QED) is 0.851. The van der Waals surface area contributed by atoms with Gasteiger partial charge in [0.2, 0.25) is 5.91 Å². The molecule has 0 unspecified atom stereocenters. The molecule has 0 bridgehead atoms. The molecule has 0 aliphatic carbocycles. The second-order valence-corrected chi connectivity index (χ2v) is 5.75. The lowest BCUT2D eigenvalue weighted by atomic mass is 10.1. The lowest BCUT2D eigenvalue weighted by Gasteiger charge is -2.11. The largest absolute Gasteiger partial charge is 0.497 e. The van der Waals surface area contributed by atoms with Gasteiger partial charge in [-0.15, -0.1) is 11.3 Å². The Kier molecular flexibility index (Phi) is 5.77. The summed E-state index contributed by atoms with van der Waals surface area (Å²) < 4.78 is 10.5. The number of nitrogens with zero attached hydrogens (tertiary/aromatic N) is 1. The predicted molar refractivity (Wildman–Crippen MR) is 86.8 cm³/mol. The normalized spacial score (nSPS) is 10.3. The first-order chi connectivity index (χ1) is 10.6. The Hall–Kier alpha value is -2.08. The van der Waals surface area contributed by atoms with Crippen LogP contribution in [0.5, 0.6) is 11.5 Å². The van der Waals surface area contributed by atoms with Crippen LogP contribution in [0.4, 0.5) is 0 Å². The summed E-state index contributed by atoms with van der Waals surface area (Å²) >= 11 is 1.51. The molecule has 0 aliphatic rings. The van der Waals surface area contributed by atoms with E-state index in [0.29, 0.717) is 19.4 Å². The van der Waals surface area contributed by atoms with Gasteiger partial charge in [0, 0.05) is 11.4 Å². The van der Waals surface area contributed by atoms with E-state index in [1.165, 1.54) is 11.3 Å². The van der Waals surface area contributed by atoms with Crippen LogP contribution in [-0.4, -0.2) is 31.7 Å². The van der Waals surface area contributed by atoms with Gasteiger partial charge in [-0.25, -0.2) is 4.98 Å². The van der Waals surface area contributed by atoms with E-state index in [0.717, 1.165) is 27.6 Å². The average molecular weight is 320 g/mol. The monoisotopic (exact) mass is 320 g/mol. The second-order valence-electron chi connectivity index (χ2n) is 4.82. The summed E-state index contributed by atoms with van der Waals surface area (Å²) in [7, 11) is 3.27. The minimum atomic E-state index is 0.00853. The Morgan fingerprint density at radius 1 is 1.32 bits per heavy atom. The van der Waals surface area contributed by atoms with Crippen molar-refractivity contribution in [1.82, 2.24) is 10.3 Å². The zero-order valence-corrected chi connectivity index (χ0v) is 13.8. The van der Waals surface area contributed by atoms with Gasteiger partial charge in [0.25, 0.3) is 0 Å². The molecule has 0 spiro atoms. The number of rotatable bonds is 7. The fraction of sp³-hybridized carbons (Fsp3) is 0.375. The summed E-state index contributed by atoms with van der Waals surface area (Å²) in [5.41, 5.74) is 3.70. The summed E-state index contributed by atoms with van der Waals surface area (Å²) in [6.45, 7) is 2.47. The minimum Gasteiger partial charge on any atom is -0.497 e. The van der Waals surface area contributed by atoms with E-state index in [2.05, 4.69) is 10.3 Å². The van der Waals surface area contributed by atoms with Gasteiger partial charge in [-0.05, 0) is 37.1 Å². The van der Waals surface area contributed by atoms with Crippen molar-refractivity contribution in [2.75, 3.05) is 20.8 Å². The Labute approximate surface area is 134 Å². The van der Waals surface area contributed by atoms with Gasteiger partial charge < -0.3 is 14.8 Å². The number of ether oxygens (including phenoxy) is 2. The molecule has 5 nitrogen and oxygen atoms in total. The zero-order valence-electron chi connectivity index (χ0n) is 13.0. The number of thiazole rings is 1. The van der Waals surface area contributed by atoms with E-state index in [9.17, 15) is 4.79 Å². The van der Waals surface area contributed by atoms with Gasteiger partial charge in [0.1, 0.15) is 11.5 Å². The number of carbonyl (C=O) groups excluding carboxylic acids is 1. The van der Waals surface area contributed by atoms with E-state index < -0.39 is 0 Å². The van der Waals surface area contributed by atoms with Crippen LogP contribution < -0.4 is 14.8 Å². The fourth-order valence-corrected chi connectivity index (χ4v) is 2.89. The maximum atomic E-state index is 11.9. The number of nitrogens with one attached hydrogen (secondary N) is 1. The van der Waals surface area contributed by atoms with E-state index in [1.54, 1.807) is 19.7 Å². The standard InChI is InChI=1S/C16H20N2O3S/c1-11-15(22-10-18-11)9-16(19)17-7-6-12-8-13(20-2)4-5-14(12)21-3/h4-5,8,10H,6-7,9H2,1-3H3,(H,17,19). The van der Waals surface area contributed by atoms with Crippen molar-refractivity contribution in [3.63, 3.8) is 0 Å². The SMILES string of the molecule is COc1ccc(OC)c(CCNC(=O)Cc2scnc2C)c1. The third-order valence-electron chi connectivity index (χ3n) is 3.37. The molecule has 1 aromatic carbocycles. The van der Waals surface area contributed by atoms with E-state index in [-0.39, 0.29) is 5.91 Å². The van der Waals surface area contributed by atoms with Crippen LogP contribution in [0.1, 0.15) is 16.1 Å². The molecule has 0 aliphatic heterocycles. The maximum Gasteiger partial charge on any atom is 0.225 e. The van der Waals surface area contributed by atoms with Gasteiger partial charge >= 0.3 is 0 Å². The van der Waals surface area contributed by atoms with Crippen molar-refractivity contribution in [2.24, 2.45) is 0 Å². The van der Waals surface area contributed by atoms with Crippen molar-refractivity contribution in [2.45, 2.75) is 19.8 Å². The van der Waals surface area contributed by atoms with Crippen molar-refractivity contribution in [3.8, 4) is 11.5 Å². The molecule has 6 heteroatoms. The van der Waals surface area contributed by atoms with E-state index in [4.69, 9.17) is 9.47 Å². The minimum absolute atomic E-state index is 0.00853. The average Bonchev–Trinajstić information content (AvgIpc) is 2.92. The van der Waals surface area contributed by atoms with Gasteiger partial charge in [-0.1, -0.05) is 0 Å². The molecule has 1 N–H and O–H groups in total. The molecule has 0 fully saturated rings. The lowest BCUT2D eigenvalue weighted by Crippen LogP contribution is -2.27. The van der Waals surface area contributed by atoms with Crippen molar-refractivity contribution < 1.29 is 14.3 Å². The van der Waals surface area contributed by atoms with Crippen LogP contribution in [-0.2, 0) is 17.6 Å². The van der Waals surface area contributed by atoms with Gasteiger partial charge in [0.15, 0.2) is 0 Å². The molecule has 2 rings (SSSR count). The van der Waals surface area contributed by atoms with Crippen LogP contribution >= 0.6 is 11.3 Å². The first-order valence-corrected chi connectivity index (χ1v) is 7.88. The summed E-state index contributed by atoms with van der Waals surface area (Å²) in [4.78, 5) is 17.1. The molecule has 22 heavy (non-hydrogen) atoms. The molecule has 1 aromatic heterocycles. The number of hydrogen-bond donors (Lipinski definition) is 1. The first-order valence-electron chi connectivity index (χ1n) is 7.00. The highest BCUT2D eigenvalue weighted by atomic mass is 32.1. The summed E-state index contributed by atoms with van der Waals surface area (Å²) in [5, 5.41) is 2.93. The molecule has 0 saturated heterocycles. The molecule has 1 amide bonds. The molecular formula is C16H20N2O3S. The van der Waals surface area contributed by atoms with Crippen LogP contribution in [0.3, 0.4) is 0 Å². The molecule has 0 atom stereocenters. The highest BCUT2D eigenvalue weighted by molar-refractivity contribution is 7.09. The Morgan fingerprint density at radius 2 is 2.14 bits per heavy atom. The highest BCUT2D eigenvalue weighted by Crippen LogP contribution is 2.24. The molecule has 1 heterocycles. The molecule has 2 aromatic rings. The van der Waals surface area contributed by atoms with Crippen LogP contribution in [0.15, 0.2) is 23.7 Å². The van der Waals surface area contributed by atoms with Gasteiger partial charge in [0.05, 0.1) is 31.8 Å². The van der Waals surface area contributed by atoms with E-state index >= 15 is 0 Å². The summed E-state index contributed by atoms with van der Waals surface area (Å²) in [6, 6.07) is 5.66. The van der Waals surface area contributed by atoms with E-state index in [1.807, 2.05) is 25.1 Å².